The standard InChI is InChI=1S/C13H14BrClN4/c1-7(2)11-12(16)17-6-18-13(11)19-10-5-8(14)3-4-9(10)15/h3-7H,1-2H3,(H3,16,17,18,19). The minimum absolute atomic E-state index is 0.217. The summed E-state index contributed by atoms with van der Waals surface area (Å²) >= 11 is 9.58. The topological polar surface area (TPSA) is 63.8 Å². The van der Waals surface area contributed by atoms with Gasteiger partial charge in [0.25, 0.3) is 0 Å². The van der Waals surface area contributed by atoms with E-state index in [9.17, 15) is 0 Å². The zero-order chi connectivity index (χ0) is 14.0. The van der Waals surface area contributed by atoms with Crippen LogP contribution in [0.3, 0.4) is 0 Å². The molecule has 0 aliphatic rings. The highest BCUT2D eigenvalue weighted by atomic mass is 79.9. The Labute approximate surface area is 125 Å². The highest BCUT2D eigenvalue weighted by Gasteiger charge is 2.14. The van der Waals surface area contributed by atoms with Gasteiger partial charge in [0.2, 0.25) is 0 Å². The van der Waals surface area contributed by atoms with Crippen molar-refractivity contribution in [1.29, 1.82) is 0 Å². The van der Waals surface area contributed by atoms with Crippen LogP contribution < -0.4 is 11.1 Å². The van der Waals surface area contributed by atoms with Gasteiger partial charge in [-0.15, -0.1) is 0 Å². The molecule has 19 heavy (non-hydrogen) atoms. The summed E-state index contributed by atoms with van der Waals surface area (Å²) in [6, 6.07) is 5.59. The highest BCUT2D eigenvalue weighted by Crippen LogP contribution is 2.32. The Bertz CT molecular complexity index is 601. The molecule has 0 spiro atoms. The average molecular weight is 342 g/mol. The van der Waals surface area contributed by atoms with Crippen molar-refractivity contribution in [3.8, 4) is 0 Å². The van der Waals surface area contributed by atoms with Crippen molar-refractivity contribution in [3.05, 3.63) is 39.6 Å². The molecule has 0 aliphatic heterocycles. The van der Waals surface area contributed by atoms with Crippen LogP contribution in [0.2, 0.25) is 5.02 Å². The number of benzene rings is 1. The van der Waals surface area contributed by atoms with Crippen molar-refractivity contribution < 1.29 is 0 Å². The Morgan fingerprint density at radius 1 is 1.32 bits per heavy atom. The lowest BCUT2D eigenvalue weighted by molar-refractivity contribution is 0.855. The van der Waals surface area contributed by atoms with Gasteiger partial charge >= 0.3 is 0 Å². The first-order valence-corrected chi connectivity index (χ1v) is 6.98. The first-order valence-electron chi connectivity index (χ1n) is 5.81. The predicted octanol–water partition coefficient (Wildman–Crippen LogP) is 4.34. The average Bonchev–Trinajstić information content (AvgIpc) is 2.33. The molecule has 0 saturated heterocycles. The molecule has 0 atom stereocenters. The van der Waals surface area contributed by atoms with Gasteiger partial charge in [-0.2, -0.15) is 0 Å². The van der Waals surface area contributed by atoms with Gasteiger partial charge in [-0.3, -0.25) is 0 Å². The van der Waals surface area contributed by atoms with Crippen molar-refractivity contribution >= 4 is 44.9 Å². The summed E-state index contributed by atoms with van der Waals surface area (Å²) in [5.74, 6) is 1.38. The minimum Gasteiger partial charge on any atom is -0.383 e. The van der Waals surface area contributed by atoms with Crippen LogP contribution in [0, 0.1) is 0 Å². The summed E-state index contributed by atoms with van der Waals surface area (Å²) < 4.78 is 0.938. The molecule has 1 aromatic heterocycles. The van der Waals surface area contributed by atoms with Crippen molar-refractivity contribution in [2.45, 2.75) is 19.8 Å². The number of rotatable bonds is 3. The molecule has 0 aliphatic carbocycles. The number of nitrogens with zero attached hydrogens (tertiary/aromatic N) is 2. The maximum absolute atomic E-state index is 6.16. The maximum Gasteiger partial charge on any atom is 0.139 e. The third-order valence-electron chi connectivity index (χ3n) is 2.67. The number of hydrogen-bond acceptors (Lipinski definition) is 4. The molecular weight excluding hydrogens is 328 g/mol. The summed E-state index contributed by atoms with van der Waals surface area (Å²) in [6.45, 7) is 4.09. The second-order valence-corrected chi connectivity index (χ2v) is 5.75. The van der Waals surface area contributed by atoms with Gasteiger partial charge in [-0.25, -0.2) is 9.97 Å². The van der Waals surface area contributed by atoms with Crippen molar-refractivity contribution in [2.75, 3.05) is 11.1 Å². The van der Waals surface area contributed by atoms with E-state index in [0.717, 1.165) is 15.7 Å². The summed E-state index contributed by atoms with van der Waals surface area (Å²) in [5.41, 5.74) is 7.57. The number of hydrogen-bond donors (Lipinski definition) is 2. The van der Waals surface area contributed by atoms with Crippen LogP contribution in [0.25, 0.3) is 0 Å². The molecule has 100 valence electrons. The predicted molar refractivity (Wildman–Crippen MR) is 83.0 cm³/mol. The van der Waals surface area contributed by atoms with Crippen LogP contribution in [0.5, 0.6) is 0 Å². The normalized spacial score (nSPS) is 10.8. The number of nitrogen functional groups attached to an aromatic ring is 1. The van der Waals surface area contributed by atoms with E-state index in [4.69, 9.17) is 17.3 Å². The number of anilines is 3. The molecule has 1 heterocycles. The first kappa shape index (κ1) is 14.1. The molecule has 1 aromatic carbocycles. The second kappa shape index (κ2) is 5.75. The summed E-state index contributed by atoms with van der Waals surface area (Å²) in [4.78, 5) is 8.28. The summed E-state index contributed by atoms with van der Waals surface area (Å²) in [5, 5.41) is 3.83. The van der Waals surface area contributed by atoms with Crippen molar-refractivity contribution in [1.82, 2.24) is 9.97 Å². The lowest BCUT2D eigenvalue weighted by Gasteiger charge is -2.15. The van der Waals surface area contributed by atoms with Crippen LogP contribution in [0.1, 0.15) is 25.3 Å². The largest absolute Gasteiger partial charge is 0.383 e. The highest BCUT2D eigenvalue weighted by molar-refractivity contribution is 9.10. The lowest BCUT2D eigenvalue weighted by atomic mass is 10.0. The molecule has 0 saturated carbocycles. The van der Waals surface area contributed by atoms with Gasteiger partial charge in [0.05, 0.1) is 10.7 Å². The van der Waals surface area contributed by atoms with E-state index in [-0.39, 0.29) is 5.92 Å². The number of nitrogens with two attached hydrogens (primary N) is 1. The van der Waals surface area contributed by atoms with Crippen LogP contribution in [0.15, 0.2) is 29.0 Å². The maximum atomic E-state index is 6.16. The molecule has 0 radical (unpaired) electrons. The Hall–Kier alpha value is -1.33. The first-order chi connectivity index (χ1) is 8.99. The van der Waals surface area contributed by atoms with Crippen LogP contribution >= 0.6 is 27.5 Å². The Morgan fingerprint density at radius 3 is 2.74 bits per heavy atom. The van der Waals surface area contributed by atoms with Gasteiger partial charge in [0.15, 0.2) is 0 Å². The molecule has 0 bridgehead atoms. The minimum atomic E-state index is 0.217. The van der Waals surface area contributed by atoms with Gasteiger partial charge in [-0.1, -0.05) is 41.4 Å². The van der Waals surface area contributed by atoms with Gasteiger partial charge in [-0.05, 0) is 24.1 Å². The van der Waals surface area contributed by atoms with E-state index in [1.165, 1.54) is 6.33 Å². The lowest BCUT2D eigenvalue weighted by Crippen LogP contribution is -2.06. The SMILES string of the molecule is CC(C)c1c(N)ncnc1Nc1cc(Br)ccc1Cl. The third-order valence-corrected chi connectivity index (χ3v) is 3.50. The summed E-state index contributed by atoms with van der Waals surface area (Å²) in [6.07, 6.45) is 1.44. The van der Waals surface area contributed by atoms with E-state index in [1.54, 1.807) is 0 Å². The van der Waals surface area contributed by atoms with E-state index >= 15 is 0 Å². The number of halogens is 2. The van der Waals surface area contributed by atoms with Gasteiger partial charge in [0.1, 0.15) is 18.0 Å². The molecule has 0 unspecified atom stereocenters. The second-order valence-electron chi connectivity index (χ2n) is 4.43. The Balaban J connectivity index is 2.44. The molecule has 6 heteroatoms. The van der Waals surface area contributed by atoms with E-state index in [2.05, 4.69) is 31.2 Å². The van der Waals surface area contributed by atoms with Crippen molar-refractivity contribution in [3.63, 3.8) is 0 Å². The fourth-order valence-electron chi connectivity index (χ4n) is 1.80. The third kappa shape index (κ3) is 3.16. The molecule has 0 fully saturated rings. The monoisotopic (exact) mass is 340 g/mol. The Kier molecular flexibility index (Phi) is 4.27. The van der Waals surface area contributed by atoms with Gasteiger partial charge in [0, 0.05) is 10.0 Å². The fourth-order valence-corrected chi connectivity index (χ4v) is 2.32. The molecule has 3 N–H and O–H groups in total. The van der Waals surface area contributed by atoms with Crippen LogP contribution in [0.4, 0.5) is 17.3 Å². The quantitative estimate of drug-likeness (QED) is 0.871. The number of nitrogens with one attached hydrogen (secondary N) is 1. The molecular formula is C13H14BrClN4. The molecule has 4 nitrogen and oxygen atoms in total. The van der Waals surface area contributed by atoms with Crippen LogP contribution in [-0.2, 0) is 0 Å². The fraction of sp³-hybridized carbons (Fsp3) is 0.231. The summed E-state index contributed by atoms with van der Waals surface area (Å²) in [7, 11) is 0. The zero-order valence-electron chi connectivity index (χ0n) is 10.6. The van der Waals surface area contributed by atoms with E-state index in [0.29, 0.717) is 16.7 Å². The molecule has 0 amide bonds. The van der Waals surface area contributed by atoms with Crippen LogP contribution in [-0.4, -0.2) is 9.97 Å². The molecule has 2 rings (SSSR count). The van der Waals surface area contributed by atoms with Gasteiger partial charge < -0.3 is 11.1 Å². The van der Waals surface area contributed by atoms with E-state index < -0.39 is 0 Å². The molecule has 2 aromatic rings. The number of aromatic nitrogens is 2. The smallest absolute Gasteiger partial charge is 0.139 e. The van der Waals surface area contributed by atoms with Crippen molar-refractivity contribution in [2.24, 2.45) is 0 Å². The zero-order valence-corrected chi connectivity index (χ0v) is 13.0. The van der Waals surface area contributed by atoms with E-state index in [1.807, 2.05) is 32.0 Å². The Morgan fingerprint density at radius 2 is 2.05 bits per heavy atom.